The van der Waals surface area contributed by atoms with Crippen molar-refractivity contribution in [2.24, 2.45) is 11.1 Å². The molecule has 0 aliphatic heterocycles. The summed E-state index contributed by atoms with van der Waals surface area (Å²) in [5.74, 6) is 0.570. The molecule has 1 fully saturated rings. The highest BCUT2D eigenvalue weighted by Gasteiger charge is 2.49. The molecule has 92 valence electrons. The molecule has 0 radical (unpaired) electrons. The lowest BCUT2D eigenvalue weighted by atomic mass is 9.55. The van der Waals surface area contributed by atoms with Crippen LogP contribution in [0.2, 0.25) is 0 Å². The molecular weight excluding hydrogens is 210 g/mol. The summed E-state index contributed by atoms with van der Waals surface area (Å²) in [6.07, 6.45) is 5.37. The standard InChI is InChI=1S/C15H21NO/c16-10-15(8-12(17)9-15)14-7-3-5-11-4-1-2-6-13(11)14/h1-2,4,6,12,14,17H,3,5,7-10,16H2. The van der Waals surface area contributed by atoms with Gasteiger partial charge in [-0.25, -0.2) is 0 Å². The number of hydrogen-bond acceptors (Lipinski definition) is 2. The van der Waals surface area contributed by atoms with Crippen LogP contribution in [0.15, 0.2) is 24.3 Å². The number of aryl methyl sites for hydroxylation is 1. The molecule has 1 aromatic rings. The Hall–Kier alpha value is -0.860. The molecule has 2 nitrogen and oxygen atoms in total. The van der Waals surface area contributed by atoms with E-state index < -0.39 is 0 Å². The minimum Gasteiger partial charge on any atom is -0.393 e. The van der Waals surface area contributed by atoms with Crippen LogP contribution in [0.3, 0.4) is 0 Å². The summed E-state index contributed by atoms with van der Waals surface area (Å²) in [7, 11) is 0. The Balaban J connectivity index is 1.95. The Bertz CT molecular complexity index is 409. The zero-order chi connectivity index (χ0) is 11.9. The molecule has 2 heteroatoms. The SMILES string of the molecule is NCC1(C2CCCc3ccccc32)CC(O)C1. The Labute approximate surface area is 103 Å². The summed E-state index contributed by atoms with van der Waals surface area (Å²) in [6.45, 7) is 0.711. The van der Waals surface area contributed by atoms with Crippen molar-refractivity contribution in [3.8, 4) is 0 Å². The maximum absolute atomic E-state index is 9.64. The van der Waals surface area contributed by atoms with Gasteiger partial charge >= 0.3 is 0 Å². The third-order valence-electron chi connectivity index (χ3n) is 4.80. The van der Waals surface area contributed by atoms with E-state index in [-0.39, 0.29) is 11.5 Å². The van der Waals surface area contributed by atoms with E-state index in [0.29, 0.717) is 12.5 Å². The molecule has 0 heterocycles. The highest BCUT2D eigenvalue weighted by atomic mass is 16.3. The molecule has 1 aromatic carbocycles. The van der Waals surface area contributed by atoms with Gasteiger partial charge in [-0.2, -0.15) is 0 Å². The third-order valence-corrected chi connectivity index (χ3v) is 4.80. The molecule has 17 heavy (non-hydrogen) atoms. The number of hydrogen-bond donors (Lipinski definition) is 2. The molecule has 1 unspecified atom stereocenters. The number of benzene rings is 1. The van der Waals surface area contributed by atoms with Gasteiger partial charge in [0.1, 0.15) is 0 Å². The molecule has 0 saturated heterocycles. The third kappa shape index (κ3) is 1.71. The van der Waals surface area contributed by atoms with Crippen molar-refractivity contribution in [3.63, 3.8) is 0 Å². The van der Waals surface area contributed by atoms with Crippen LogP contribution < -0.4 is 5.73 Å². The highest BCUT2D eigenvalue weighted by Crippen LogP contribution is 2.54. The van der Waals surface area contributed by atoms with Crippen LogP contribution in [-0.4, -0.2) is 17.8 Å². The van der Waals surface area contributed by atoms with Crippen LogP contribution >= 0.6 is 0 Å². The van der Waals surface area contributed by atoms with Gasteiger partial charge in [0.25, 0.3) is 0 Å². The molecule has 0 bridgehead atoms. The summed E-state index contributed by atoms with van der Waals surface area (Å²) in [6, 6.07) is 8.78. The Kier molecular flexibility index (Phi) is 2.72. The van der Waals surface area contributed by atoms with Crippen molar-refractivity contribution < 1.29 is 5.11 Å². The topological polar surface area (TPSA) is 46.2 Å². The molecule has 1 saturated carbocycles. The van der Waals surface area contributed by atoms with E-state index in [1.54, 1.807) is 0 Å². The first kappa shape index (κ1) is 11.2. The van der Waals surface area contributed by atoms with Crippen LogP contribution in [-0.2, 0) is 6.42 Å². The van der Waals surface area contributed by atoms with E-state index in [1.165, 1.54) is 30.4 Å². The molecule has 2 aliphatic rings. The highest BCUT2D eigenvalue weighted by molar-refractivity contribution is 5.35. The lowest BCUT2D eigenvalue weighted by Gasteiger charge is -2.51. The summed E-state index contributed by atoms with van der Waals surface area (Å²) in [5, 5.41) is 9.64. The summed E-state index contributed by atoms with van der Waals surface area (Å²) < 4.78 is 0. The molecule has 1 atom stereocenters. The Morgan fingerprint density at radius 3 is 2.76 bits per heavy atom. The minimum atomic E-state index is -0.118. The van der Waals surface area contributed by atoms with Gasteiger partial charge in [-0.3, -0.25) is 0 Å². The average Bonchev–Trinajstić information content (AvgIpc) is 2.34. The van der Waals surface area contributed by atoms with Gasteiger partial charge in [-0.05, 0) is 61.1 Å². The Morgan fingerprint density at radius 2 is 2.06 bits per heavy atom. The predicted molar refractivity (Wildman–Crippen MR) is 68.8 cm³/mol. The van der Waals surface area contributed by atoms with Gasteiger partial charge in [0.15, 0.2) is 0 Å². The second-order valence-electron chi connectivity index (χ2n) is 5.77. The summed E-state index contributed by atoms with van der Waals surface area (Å²) in [5.41, 5.74) is 9.18. The number of aliphatic hydroxyl groups is 1. The fraction of sp³-hybridized carbons (Fsp3) is 0.600. The summed E-state index contributed by atoms with van der Waals surface area (Å²) >= 11 is 0. The van der Waals surface area contributed by atoms with E-state index in [2.05, 4.69) is 24.3 Å². The maximum Gasteiger partial charge on any atom is 0.0552 e. The predicted octanol–water partition coefficient (Wildman–Crippen LogP) is 2.21. The average molecular weight is 231 g/mol. The second kappa shape index (κ2) is 4.11. The van der Waals surface area contributed by atoms with Crippen LogP contribution in [0, 0.1) is 5.41 Å². The van der Waals surface area contributed by atoms with Crippen molar-refractivity contribution >= 4 is 0 Å². The largest absolute Gasteiger partial charge is 0.393 e. The molecule has 3 N–H and O–H groups in total. The lowest BCUT2D eigenvalue weighted by Crippen LogP contribution is -2.50. The molecule has 0 aromatic heterocycles. The monoisotopic (exact) mass is 231 g/mol. The smallest absolute Gasteiger partial charge is 0.0552 e. The first-order valence-corrected chi connectivity index (χ1v) is 6.71. The van der Waals surface area contributed by atoms with Gasteiger partial charge in [-0.15, -0.1) is 0 Å². The molecule has 0 spiro atoms. The normalized spacial score (nSPS) is 36.1. The zero-order valence-corrected chi connectivity index (χ0v) is 10.2. The lowest BCUT2D eigenvalue weighted by molar-refractivity contribution is -0.0470. The number of aliphatic hydroxyl groups excluding tert-OH is 1. The number of nitrogens with two attached hydrogens (primary N) is 1. The van der Waals surface area contributed by atoms with Crippen molar-refractivity contribution in [3.05, 3.63) is 35.4 Å². The fourth-order valence-corrected chi connectivity index (χ4v) is 3.86. The van der Waals surface area contributed by atoms with Crippen molar-refractivity contribution in [2.45, 2.75) is 44.1 Å². The van der Waals surface area contributed by atoms with Gasteiger partial charge < -0.3 is 10.8 Å². The van der Waals surface area contributed by atoms with Gasteiger partial charge in [0, 0.05) is 0 Å². The Morgan fingerprint density at radius 1 is 1.29 bits per heavy atom. The first-order chi connectivity index (χ1) is 8.25. The van der Waals surface area contributed by atoms with Gasteiger partial charge in [-0.1, -0.05) is 24.3 Å². The van der Waals surface area contributed by atoms with Crippen molar-refractivity contribution in [1.82, 2.24) is 0 Å². The number of rotatable bonds is 2. The van der Waals surface area contributed by atoms with E-state index in [1.807, 2.05) is 0 Å². The minimum absolute atomic E-state index is 0.118. The van der Waals surface area contributed by atoms with Crippen LogP contribution in [0.1, 0.15) is 42.7 Å². The molecular formula is C15H21NO. The first-order valence-electron chi connectivity index (χ1n) is 6.71. The van der Waals surface area contributed by atoms with E-state index >= 15 is 0 Å². The van der Waals surface area contributed by atoms with Crippen LogP contribution in [0.4, 0.5) is 0 Å². The maximum atomic E-state index is 9.64. The summed E-state index contributed by atoms with van der Waals surface area (Å²) in [4.78, 5) is 0. The number of fused-ring (bicyclic) bond motifs is 1. The second-order valence-corrected chi connectivity index (χ2v) is 5.77. The molecule has 3 rings (SSSR count). The fourth-order valence-electron chi connectivity index (χ4n) is 3.86. The van der Waals surface area contributed by atoms with E-state index in [4.69, 9.17) is 5.73 Å². The molecule has 2 aliphatic carbocycles. The quantitative estimate of drug-likeness (QED) is 0.819. The van der Waals surface area contributed by atoms with Crippen LogP contribution in [0.25, 0.3) is 0 Å². The van der Waals surface area contributed by atoms with Crippen molar-refractivity contribution in [1.29, 1.82) is 0 Å². The van der Waals surface area contributed by atoms with Crippen molar-refractivity contribution in [2.75, 3.05) is 6.54 Å². The van der Waals surface area contributed by atoms with E-state index in [0.717, 1.165) is 12.8 Å². The van der Waals surface area contributed by atoms with Gasteiger partial charge in [0.05, 0.1) is 6.10 Å². The van der Waals surface area contributed by atoms with Crippen LogP contribution in [0.5, 0.6) is 0 Å². The van der Waals surface area contributed by atoms with E-state index in [9.17, 15) is 5.11 Å². The molecule has 0 amide bonds. The van der Waals surface area contributed by atoms with Gasteiger partial charge in [0.2, 0.25) is 0 Å². The zero-order valence-electron chi connectivity index (χ0n) is 10.2.